The van der Waals surface area contributed by atoms with Gasteiger partial charge in [0.15, 0.2) is 5.65 Å². The summed E-state index contributed by atoms with van der Waals surface area (Å²) in [7, 11) is 3.26. The summed E-state index contributed by atoms with van der Waals surface area (Å²) in [5, 5.41) is 6.74. The fraction of sp³-hybridized carbons (Fsp3) is 0.417. The van der Waals surface area contributed by atoms with E-state index in [0.29, 0.717) is 59.8 Å². The number of carbonyl (C=O) groups is 2. The molecule has 2 N–H and O–H groups in total. The van der Waals surface area contributed by atoms with Crippen molar-refractivity contribution in [3.05, 3.63) is 56.0 Å². The van der Waals surface area contributed by atoms with Crippen LogP contribution in [0.2, 0.25) is 5.02 Å². The zero-order chi connectivity index (χ0) is 24.6. The highest BCUT2D eigenvalue weighted by molar-refractivity contribution is 6.31. The number of amides is 2. The Hall–Kier alpha value is -3.33. The third-order valence-electron chi connectivity index (χ3n) is 6.56. The summed E-state index contributed by atoms with van der Waals surface area (Å²) in [6.45, 7) is 4.99. The molecule has 1 aromatic carbocycles. The van der Waals surface area contributed by atoms with Gasteiger partial charge in [-0.2, -0.15) is 0 Å². The minimum Gasteiger partial charge on any atom is -0.496 e. The molecule has 180 valence electrons. The molecule has 2 aromatic heterocycles. The fourth-order valence-corrected chi connectivity index (χ4v) is 4.76. The molecule has 2 amide bonds. The molecule has 34 heavy (non-hydrogen) atoms. The third-order valence-corrected chi connectivity index (χ3v) is 6.80. The topological polar surface area (TPSA) is 109 Å². The molecule has 0 unspecified atom stereocenters. The van der Waals surface area contributed by atoms with Crippen LogP contribution in [-0.4, -0.2) is 51.7 Å². The first kappa shape index (κ1) is 23.8. The minimum absolute atomic E-state index is 0.0618. The van der Waals surface area contributed by atoms with Gasteiger partial charge in [-0.3, -0.25) is 24.2 Å². The second-order valence-electron chi connectivity index (χ2n) is 8.63. The predicted octanol–water partition coefficient (Wildman–Crippen LogP) is 2.71. The molecule has 3 aromatic rings. The van der Waals surface area contributed by atoms with E-state index in [1.54, 1.807) is 34.8 Å². The molecule has 0 aliphatic carbocycles. The normalized spacial score (nSPS) is 14.4. The first-order valence-corrected chi connectivity index (χ1v) is 11.5. The molecule has 0 spiro atoms. The van der Waals surface area contributed by atoms with Gasteiger partial charge in [-0.25, -0.2) is 4.98 Å². The molecule has 4 rings (SSSR count). The van der Waals surface area contributed by atoms with Gasteiger partial charge in [-0.1, -0.05) is 11.6 Å². The number of nitrogens with one attached hydrogen (secondary N) is 2. The van der Waals surface area contributed by atoms with Crippen molar-refractivity contribution in [2.45, 2.75) is 33.2 Å². The lowest BCUT2D eigenvalue weighted by Crippen LogP contribution is -2.43. The van der Waals surface area contributed by atoms with E-state index in [1.807, 2.05) is 13.8 Å². The number of ether oxygens (including phenoxy) is 1. The van der Waals surface area contributed by atoms with Crippen LogP contribution in [-0.2, 0) is 18.4 Å². The van der Waals surface area contributed by atoms with Crippen molar-refractivity contribution in [3.8, 4) is 5.75 Å². The van der Waals surface area contributed by atoms with E-state index in [4.69, 9.17) is 16.3 Å². The molecule has 1 saturated heterocycles. The lowest BCUT2D eigenvalue weighted by molar-refractivity contribution is -0.126. The molecule has 0 bridgehead atoms. The second kappa shape index (κ2) is 9.50. The number of hydrogen-bond acceptors (Lipinski definition) is 5. The molecule has 0 radical (unpaired) electrons. The van der Waals surface area contributed by atoms with Gasteiger partial charge >= 0.3 is 0 Å². The Morgan fingerprint density at radius 2 is 1.97 bits per heavy atom. The van der Waals surface area contributed by atoms with E-state index in [-0.39, 0.29) is 23.3 Å². The number of piperidine rings is 1. The van der Waals surface area contributed by atoms with Crippen LogP contribution >= 0.6 is 11.6 Å². The number of methoxy groups -OCH3 is 1. The highest BCUT2D eigenvalue weighted by Gasteiger charge is 2.29. The maximum absolute atomic E-state index is 13.0. The average Bonchev–Trinajstić information content (AvgIpc) is 3.11. The standard InChI is InChI=1S/C24H28ClN5O4/c1-13-18(14(2)27-21-20(13)23(32)28-29(21)3)12-26-22(31)15-7-9-30(10-8-15)24(33)17-11-16(25)5-6-19(17)34-4/h5-6,11,15H,7-10,12H2,1-4H3,(H,26,31)(H,28,32). The lowest BCUT2D eigenvalue weighted by atomic mass is 9.95. The van der Waals surface area contributed by atoms with E-state index in [2.05, 4.69) is 15.4 Å². The Morgan fingerprint density at radius 1 is 1.26 bits per heavy atom. The molecule has 10 heteroatoms. The number of fused-ring (bicyclic) bond motifs is 1. The number of aromatic nitrogens is 3. The first-order chi connectivity index (χ1) is 16.2. The Morgan fingerprint density at radius 3 is 2.65 bits per heavy atom. The molecule has 3 heterocycles. The van der Waals surface area contributed by atoms with Crippen molar-refractivity contribution in [1.82, 2.24) is 25.0 Å². The summed E-state index contributed by atoms with van der Waals surface area (Å²) < 4.78 is 6.91. The molecule has 1 aliphatic rings. The number of likely N-dealkylation sites (tertiary alicyclic amines) is 1. The number of nitrogens with zero attached hydrogens (tertiary/aromatic N) is 3. The van der Waals surface area contributed by atoms with Crippen molar-refractivity contribution in [1.29, 1.82) is 0 Å². The van der Waals surface area contributed by atoms with Gasteiger partial charge in [0.1, 0.15) is 5.75 Å². The SMILES string of the molecule is COc1ccc(Cl)cc1C(=O)N1CCC(C(=O)NCc2c(C)nc3c(c2C)c(=O)[nH]n3C)CC1. The van der Waals surface area contributed by atoms with Gasteiger partial charge in [0.05, 0.1) is 18.1 Å². The Bertz CT molecular complexity index is 1320. The fourth-order valence-electron chi connectivity index (χ4n) is 4.59. The van der Waals surface area contributed by atoms with Crippen LogP contribution in [0.25, 0.3) is 11.0 Å². The van der Waals surface area contributed by atoms with Gasteiger partial charge < -0.3 is 15.0 Å². The highest BCUT2D eigenvalue weighted by Crippen LogP contribution is 2.27. The molecule has 0 atom stereocenters. The molecule has 1 fully saturated rings. The summed E-state index contributed by atoms with van der Waals surface area (Å²) in [6.07, 6.45) is 1.13. The predicted molar refractivity (Wildman–Crippen MR) is 129 cm³/mol. The van der Waals surface area contributed by atoms with Crippen molar-refractivity contribution in [3.63, 3.8) is 0 Å². The number of carbonyl (C=O) groups excluding carboxylic acids is 2. The van der Waals surface area contributed by atoms with Gasteiger partial charge in [0.2, 0.25) is 5.91 Å². The first-order valence-electron chi connectivity index (χ1n) is 11.2. The maximum Gasteiger partial charge on any atom is 0.273 e. The molecule has 1 aliphatic heterocycles. The smallest absolute Gasteiger partial charge is 0.273 e. The summed E-state index contributed by atoms with van der Waals surface area (Å²) in [5.74, 6) is 0.0656. The summed E-state index contributed by atoms with van der Waals surface area (Å²) in [4.78, 5) is 44.4. The Kier molecular flexibility index (Phi) is 6.65. The molecular formula is C24H28ClN5O4. The van der Waals surface area contributed by atoms with Crippen LogP contribution in [0.4, 0.5) is 0 Å². The van der Waals surface area contributed by atoms with Gasteiger partial charge in [0.25, 0.3) is 11.5 Å². The van der Waals surface area contributed by atoms with Crippen LogP contribution in [0.15, 0.2) is 23.0 Å². The minimum atomic E-state index is -0.192. The lowest BCUT2D eigenvalue weighted by Gasteiger charge is -2.31. The van der Waals surface area contributed by atoms with Crippen LogP contribution in [0.5, 0.6) is 5.75 Å². The number of pyridine rings is 1. The van der Waals surface area contributed by atoms with E-state index in [9.17, 15) is 14.4 Å². The van der Waals surface area contributed by atoms with Crippen LogP contribution in [0, 0.1) is 19.8 Å². The van der Waals surface area contributed by atoms with Gasteiger partial charge in [-0.05, 0) is 56.0 Å². The number of rotatable bonds is 5. The molecular weight excluding hydrogens is 458 g/mol. The number of benzene rings is 1. The summed E-state index contributed by atoms with van der Waals surface area (Å²) in [6, 6.07) is 4.96. The van der Waals surface area contributed by atoms with E-state index in [0.717, 1.165) is 16.8 Å². The average molecular weight is 486 g/mol. The number of aryl methyl sites for hydroxylation is 3. The quantitative estimate of drug-likeness (QED) is 0.577. The number of hydrogen-bond donors (Lipinski definition) is 2. The monoisotopic (exact) mass is 485 g/mol. The van der Waals surface area contributed by atoms with Gasteiger partial charge in [0, 0.05) is 43.3 Å². The van der Waals surface area contributed by atoms with Crippen molar-refractivity contribution >= 4 is 34.4 Å². The second-order valence-corrected chi connectivity index (χ2v) is 9.06. The summed E-state index contributed by atoms with van der Waals surface area (Å²) in [5.41, 5.74) is 3.27. The zero-order valence-electron chi connectivity index (χ0n) is 19.7. The Labute approximate surface area is 202 Å². The molecule has 0 saturated carbocycles. The Balaban J connectivity index is 1.39. The van der Waals surface area contributed by atoms with Gasteiger partial charge in [-0.15, -0.1) is 0 Å². The van der Waals surface area contributed by atoms with Crippen LogP contribution in [0.1, 0.15) is 40.0 Å². The highest BCUT2D eigenvalue weighted by atomic mass is 35.5. The summed E-state index contributed by atoms with van der Waals surface area (Å²) >= 11 is 6.07. The van der Waals surface area contributed by atoms with Crippen LogP contribution in [0.3, 0.4) is 0 Å². The molecule has 9 nitrogen and oxygen atoms in total. The zero-order valence-corrected chi connectivity index (χ0v) is 20.5. The number of H-pyrrole nitrogens is 1. The maximum atomic E-state index is 13.0. The van der Waals surface area contributed by atoms with Crippen LogP contribution < -0.4 is 15.6 Å². The van der Waals surface area contributed by atoms with E-state index >= 15 is 0 Å². The van der Waals surface area contributed by atoms with Crippen molar-refractivity contribution in [2.24, 2.45) is 13.0 Å². The van der Waals surface area contributed by atoms with Crippen molar-refractivity contribution in [2.75, 3.05) is 20.2 Å². The van der Waals surface area contributed by atoms with Crippen molar-refractivity contribution < 1.29 is 14.3 Å². The largest absolute Gasteiger partial charge is 0.496 e. The number of aromatic amines is 1. The van der Waals surface area contributed by atoms with E-state index < -0.39 is 0 Å². The third kappa shape index (κ3) is 4.40. The number of halogens is 1. The van der Waals surface area contributed by atoms with E-state index in [1.165, 1.54) is 7.11 Å².